The Hall–Kier alpha value is -2.48. The summed E-state index contributed by atoms with van der Waals surface area (Å²) in [5.41, 5.74) is 0.888. The highest BCUT2D eigenvalue weighted by Gasteiger charge is 2.35. The number of amides is 1. The molecular formula is C19H19F4N3O. The second-order valence-electron chi connectivity index (χ2n) is 6.52. The van der Waals surface area contributed by atoms with Crippen molar-refractivity contribution < 1.29 is 22.4 Å². The van der Waals surface area contributed by atoms with Crippen LogP contribution in [0.3, 0.4) is 0 Å². The predicted molar refractivity (Wildman–Crippen MR) is 93.0 cm³/mol. The van der Waals surface area contributed by atoms with Crippen LogP contribution in [0.4, 0.5) is 23.2 Å². The maximum atomic E-state index is 13.3. The summed E-state index contributed by atoms with van der Waals surface area (Å²) >= 11 is 0. The molecule has 0 N–H and O–H groups in total. The van der Waals surface area contributed by atoms with E-state index >= 15 is 0 Å². The molecule has 3 rings (SSSR count). The van der Waals surface area contributed by atoms with E-state index < -0.39 is 18.5 Å². The van der Waals surface area contributed by atoms with Crippen molar-refractivity contribution in [3.05, 3.63) is 60.2 Å². The van der Waals surface area contributed by atoms with Gasteiger partial charge in [0.15, 0.2) is 0 Å². The molecule has 8 heteroatoms. The number of alkyl halides is 3. The van der Waals surface area contributed by atoms with Crippen LogP contribution in [0.2, 0.25) is 0 Å². The second kappa shape index (κ2) is 8.04. The fourth-order valence-electron chi connectivity index (χ4n) is 3.31. The third-order valence-corrected chi connectivity index (χ3v) is 4.56. The summed E-state index contributed by atoms with van der Waals surface area (Å²) in [4.78, 5) is 19.9. The zero-order valence-corrected chi connectivity index (χ0v) is 14.5. The molecule has 1 aromatic carbocycles. The Labute approximate surface area is 154 Å². The Morgan fingerprint density at radius 1 is 1.15 bits per heavy atom. The van der Waals surface area contributed by atoms with Crippen LogP contribution in [0, 0.1) is 5.82 Å². The summed E-state index contributed by atoms with van der Waals surface area (Å²) in [5, 5.41) is 0. The van der Waals surface area contributed by atoms with E-state index in [4.69, 9.17) is 0 Å². The fraction of sp³-hybridized carbons (Fsp3) is 0.368. The summed E-state index contributed by atoms with van der Waals surface area (Å²) in [6.07, 6.45) is -0.444. The number of anilines is 1. The van der Waals surface area contributed by atoms with E-state index in [2.05, 4.69) is 4.98 Å². The van der Waals surface area contributed by atoms with E-state index in [1.807, 2.05) is 0 Å². The monoisotopic (exact) mass is 381 g/mol. The van der Waals surface area contributed by atoms with Gasteiger partial charge in [-0.3, -0.25) is 14.7 Å². The van der Waals surface area contributed by atoms with Crippen molar-refractivity contribution in [3.8, 4) is 0 Å². The average Bonchev–Trinajstić information content (AvgIpc) is 2.64. The number of likely N-dealkylation sites (tertiary alicyclic amines) is 1. The molecule has 1 aromatic heterocycles. The molecule has 2 aromatic rings. The highest BCUT2D eigenvalue weighted by Crippen LogP contribution is 2.27. The second-order valence-corrected chi connectivity index (χ2v) is 6.52. The summed E-state index contributed by atoms with van der Waals surface area (Å²) in [6, 6.07) is 8.53. The van der Waals surface area contributed by atoms with Gasteiger partial charge in [-0.1, -0.05) is 0 Å². The van der Waals surface area contributed by atoms with Crippen LogP contribution in [0.1, 0.15) is 23.2 Å². The maximum Gasteiger partial charge on any atom is 0.401 e. The minimum Gasteiger partial charge on any atom is -0.305 e. The van der Waals surface area contributed by atoms with Crippen molar-refractivity contribution >= 4 is 11.6 Å². The molecule has 0 saturated carbocycles. The first-order valence-corrected chi connectivity index (χ1v) is 8.62. The molecule has 0 atom stereocenters. The van der Waals surface area contributed by atoms with E-state index in [0.29, 0.717) is 24.1 Å². The van der Waals surface area contributed by atoms with Gasteiger partial charge in [-0.2, -0.15) is 13.2 Å². The standard InChI is InChI=1S/C19H19F4N3O/c20-15-3-5-16(6-4-15)26(18(27)14-2-1-9-24-12-14)17-7-10-25(11-8-17)13-19(21,22)23/h1-6,9,12,17H,7-8,10-11,13H2. The molecule has 0 aliphatic carbocycles. The molecule has 1 aliphatic rings. The average molecular weight is 381 g/mol. The Balaban J connectivity index is 1.81. The van der Waals surface area contributed by atoms with Gasteiger partial charge in [-0.25, -0.2) is 4.39 Å². The van der Waals surface area contributed by atoms with Gasteiger partial charge in [0.05, 0.1) is 12.1 Å². The van der Waals surface area contributed by atoms with Gasteiger partial charge in [0.2, 0.25) is 0 Å². The van der Waals surface area contributed by atoms with E-state index in [1.165, 1.54) is 35.4 Å². The lowest BCUT2D eigenvalue weighted by Gasteiger charge is -2.38. The van der Waals surface area contributed by atoms with Gasteiger partial charge in [-0.05, 0) is 49.2 Å². The molecule has 1 amide bonds. The number of carbonyl (C=O) groups excluding carboxylic acids is 1. The number of aromatic nitrogens is 1. The molecule has 0 bridgehead atoms. The third kappa shape index (κ3) is 5.03. The number of pyridine rings is 1. The molecule has 4 nitrogen and oxygen atoms in total. The lowest BCUT2D eigenvalue weighted by atomic mass is 10.0. The highest BCUT2D eigenvalue weighted by atomic mass is 19.4. The smallest absolute Gasteiger partial charge is 0.305 e. The molecule has 2 heterocycles. The minimum absolute atomic E-state index is 0.238. The topological polar surface area (TPSA) is 36.4 Å². The van der Waals surface area contributed by atoms with Crippen LogP contribution in [-0.4, -0.2) is 47.6 Å². The van der Waals surface area contributed by atoms with Gasteiger partial charge in [0.25, 0.3) is 5.91 Å². The van der Waals surface area contributed by atoms with Crippen LogP contribution in [0.5, 0.6) is 0 Å². The zero-order chi connectivity index (χ0) is 19.4. The highest BCUT2D eigenvalue weighted by molar-refractivity contribution is 6.06. The van der Waals surface area contributed by atoms with Crippen LogP contribution < -0.4 is 4.90 Å². The molecular weight excluding hydrogens is 362 g/mol. The molecule has 1 aliphatic heterocycles. The van der Waals surface area contributed by atoms with Gasteiger partial charge >= 0.3 is 6.18 Å². The SMILES string of the molecule is O=C(c1cccnc1)N(c1ccc(F)cc1)C1CCN(CC(F)(F)F)CC1. The molecule has 0 spiro atoms. The first kappa shape index (κ1) is 19.3. The summed E-state index contributed by atoms with van der Waals surface area (Å²) in [6.45, 7) is -0.475. The summed E-state index contributed by atoms with van der Waals surface area (Å²) in [7, 11) is 0. The van der Waals surface area contributed by atoms with Gasteiger partial charge < -0.3 is 4.90 Å². The van der Waals surface area contributed by atoms with Gasteiger partial charge in [-0.15, -0.1) is 0 Å². The van der Waals surface area contributed by atoms with Crippen LogP contribution >= 0.6 is 0 Å². The number of hydrogen-bond acceptors (Lipinski definition) is 3. The number of nitrogens with zero attached hydrogens (tertiary/aromatic N) is 3. The predicted octanol–water partition coefficient (Wildman–Crippen LogP) is 3.89. The first-order valence-electron chi connectivity index (χ1n) is 8.62. The van der Waals surface area contributed by atoms with E-state index in [9.17, 15) is 22.4 Å². The van der Waals surface area contributed by atoms with Crippen LogP contribution in [0.25, 0.3) is 0 Å². The van der Waals surface area contributed by atoms with Gasteiger partial charge in [0, 0.05) is 37.2 Å². The Morgan fingerprint density at radius 3 is 2.37 bits per heavy atom. The summed E-state index contributed by atoms with van der Waals surface area (Å²) < 4.78 is 51.1. The number of carbonyl (C=O) groups is 1. The van der Waals surface area contributed by atoms with Crippen molar-refractivity contribution in [2.75, 3.05) is 24.5 Å². The van der Waals surface area contributed by atoms with E-state index in [-0.39, 0.29) is 25.0 Å². The van der Waals surface area contributed by atoms with E-state index in [0.717, 1.165) is 0 Å². The van der Waals surface area contributed by atoms with Crippen molar-refractivity contribution in [1.82, 2.24) is 9.88 Å². The maximum absolute atomic E-state index is 13.3. The summed E-state index contributed by atoms with van der Waals surface area (Å²) in [5.74, 6) is -0.725. The normalized spacial score (nSPS) is 16.3. The molecule has 1 saturated heterocycles. The van der Waals surface area contributed by atoms with Crippen LogP contribution in [0.15, 0.2) is 48.8 Å². The lowest BCUT2D eigenvalue weighted by molar-refractivity contribution is -0.147. The fourth-order valence-corrected chi connectivity index (χ4v) is 3.31. The lowest BCUT2D eigenvalue weighted by Crippen LogP contribution is -2.49. The third-order valence-electron chi connectivity index (χ3n) is 4.56. The quantitative estimate of drug-likeness (QED) is 0.754. The van der Waals surface area contributed by atoms with E-state index in [1.54, 1.807) is 23.2 Å². The van der Waals surface area contributed by atoms with Crippen molar-refractivity contribution in [1.29, 1.82) is 0 Å². The molecule has 144 valence electrons. The minimum atomic E-state index is -4.24. The Bertz CT molecular complexity index is 757. The number of piperidine rings is 1. The zero-order valence-electron chi connectivity index (χ0n) is 14.5. The molecule has 0 unspecified atom stereocenters. The largest absolute Gasteiger partial charge is 0.401 e. The number of halogens is 4. The Morgan fingerprint density at radius 2 is 1.81 bits per heavy atom. The van der Waals surface area contributed by atoms with Gasteiger partial charge in [0.1, 0.15) is 5.82 Å². The molecule has 27 heavy (non-hydrogen) atoms. The Kier molecular flexibility index (Phi) is 5.74. The number of benzene rings is 1. The number of rotatable bonds is 4. The van der Waals surface area contributed by atoms with Crippen molar-refractivity contribution in [2.24, 2.45) is 0 Å². The molecule has 0 radical (unpaired) electrons. The number of hydrogen-bond donors (Lipinski definition) is 0. The van der Waals surface area contributed by atoms with Crippen LogP contribution in [-0.2, 0) is 0 Å². The molecule has 1 fully saturated rings. The van der Waals surface area contributed by atoms with Crippen molar-refractivity contribution in [2.45, 2.75) is 25.1 Å². The van der Waals surface area contributed by atoms with Crippen molar-refractivity contribution in [3.63, 3.8) is 0 Å². The first-order chi connectivity index (χ1) is 12.8.